The van der Waals surface area contributed by atoms with Gasteiger partial charge in [0.05, 0.1) is 11.1 Å². The minimum atomic E-state index is -3.63. The number of rotatable bonds is 4. The highest BCUT2D eigenvalue weighted by Crippen LogP contribution is 2.41. The molecule has 0 amide bonds. The molecule has 2 aliphatic heterocycles. The van der Waals surface area contributed by atoms with E-state index in [1.165, 1.54) is 18.2 Å². The zero-order valence-electron chi connectivity index (χ0n) is 14.5. The van der Waals surface area contributed by atoms with Crippen molar-refractivity contribution < 1.29 is 17.5 Å². The normalized spacial score (nSPS) is 26.0. The van der Waals surface area contributed by atoms with Crippen LogP contribution in [0.25, 0.3) is 0 Å². The van der Waals surface area contributed by atoms with Gasteiger partial charge >= 0.3 is 0 Å². The summed E-state index contributed by atoms with van der Waals surface area (Å²) < 4.78 is 47.4. The highest BCUT2D eigenvalue weighted by atomic mass is 32.2. The summed E-state index contributed by atoms with van der Waals surface area (Å²) in [4.78, 5) is 4.22. The molecule has 0 radical (unpaired) electrons. The van der Waals surface area contributed by atoms with Crippen molar-refractivity contribution in [1.82, 2.24) is 9.29 Å². The number of nitrogens with zero attached hydrogens (tertiary/aromatic N) is 2. The van der Waals surface area contributed by atoms with E-state index in [0.717, 1.165) is 12.8 Å². The van der Waals surface area contributed by atoms with E-state index >= 15 is 0 Å². The maximum absolute atomic E-state index is 13.5. The number of hydrogen-bond acceptors (Lipinski definition) is 4. The van der Waals surface area contributed by atoms with Gasteiger partial charge in [0.15, 0.2) is 0 Å². The summed E-state index contributed by atoms with van der Waals surface area (Å²) in [7, 11) is -3.63. The molecule has 26 heavy (non-hydrogen) atoms. The molecular weight excluding hydrogens is 355 g/mol. The molecule has 1 aromatic heterocycles. The van der Waals surface area contributed by atoms with E-state index in [2.05, 4.69) is 4.98 Å². The Kier molecular flexibility index (Phi) is 4.44. The average molecular weight is 376 g/mol. The minimum absolute atomic E-state index is 0.0156. The van der Waals surface area contributed by atoms with Gasteiger partial charge < -0.3 is 4.74 Å². The highest BCUT2D eigenvalue weighted by Gasteiger charge is 2.47. The smallest absolute Gasteiger partial charge is 0.243 e. The number of sulfonamides is 1. The summed E-state index contributed by atoms with van der Waals surface area (Å²) in [5, 5.41) is 0. The maximum Gasteiger partial charge on any atom is 0.243 e. The first-order valence-electron chi connectivity index (χ1n) is 8.81. The van der Waals surface area contributed by atoms with Gasteiger partial charge in [-0.1, -0.05) is 0 Å². The van der Waals surface area contributed by atoms with Gasteiger partial charge in [-0.15, -0.1) is 0 Å². The van der Waals surface area contributed by atoms with E-state index in [-0.39, 0.29) is 23.1 Å². The van der Waals surface area contributed by atoms with Crippen molar-refractivity contribution in [3.63, 3.8) is 0 Å². The molecule has 4 rings (SSSR count). The van der Waals surface area contributed by atoms with Crippen LogP contribution in [0.1, 0.15) is 31.2 Å². The lowest BCUT2D eigenvalue weighted by Crippen LogP contribution is -2.49. The molecule has 0 spiro atoms. The second-order valence-electron chi connectivity index (χ2n) is 7.03. The molecule has 7 heteroatoms. The molecule has 0 N–H and O–H groups in total. The zero-order valence-corrected chi connectivity index (χ0v) is 15.3. The second-order valence-corrected chi connectivity index (χ2v) is 8.87. The van der Waals surface area contributed by atoms with E-state index in [1.54, 1.807) is 23.6 Å². The van der Waals surface area contributed by atoms with Crippen LogP contribution in [0.4, 0.5) is 4.39 Å². The number of aryl methyl sites for hydroxylation is 1. The summed E-state index contributed by atoms with van der Waals surface area (Å²) in [5.41, 5.74) is 0.341. The van der Waals surface area contributed by atoms with Crippen molar-refractivity contribution in [3.8, 4) is 5.75 Å². The molecule has 3 heterocycles. The predicted octanol–water partition coefficient (Wildman–Crippen LogP) is 3.29. The SMILES string of the molecule is Cc1cc(S(=O)(=O)N2C3CCC2CC(Oc2cccnc2)C3)ccc1F. The summed E-state index contributed by atoms with van der Waals surface area (Å²) in [6.07, 6.45) is 6.32. The number of benzene rings is 1. The predicted molar refractivity (Wildman–Crippen MR) is 94.9 cm³/mol. The van der Waals surface area contributed by atoms with Crippen molar-refractivity contribution >= 4 is 10.0 Å². The van der Waals surface area contributed by atoms with Crippen LogP contribution in [0, 0.1) is 12.7 Å². The molecule has 2 atom stereocenters. The summed E-state index contributed by atoms with van der Waals surface area (Å²) in [6, 6.07) is 7.52. The van der Waals surface area contributed by atoms with Crippen LogP contribution in [0.5, 0.6) is 5.75 Å². The first kappa shape index (κ1) is 17.4. The largest absolute Gasteiger partial charge is 0.489 e. The van der Waals surface area contributed by atoms with Crippen molar-refractivity contribution in [3.05, 3.63) is 54.1 Å². The molecule has 138 valence electrons. The minimum Gasteiger partial charge on any atom is -0.489 e. The molecule has 2 fully saturated rings. The molecule has 2 saturated heterocycles. The van der Waals surface area contributed by atoms with Crippen LogP contribution in [0.2, 0.25) is 0 Å². The van der Waals surface area contributed by atoms with Gasteiger partial charge in [-0.3, -0.25) is 4.98 Å². The van der Waals surface area contributed by atoms with Gasteiger partial charge in [-0.25, -0.2) is 12.8 Å². The number of hydrogen-bond donors (Lipinski definition) is 0. The van der Waals surface area contributed by atoms with E-state index in [4.69, 9.17) is 4.74 Å². The van der Waals surface area contributed by atoms with Crippen LogP contribution in [-0.2, 0) is 10.0 Å². The lowest BCUT2D eigenvalue weighted by molar-refractivity contribution is 0.0953. The monoisotopic (exact) mass is 376 g/mol. The standard InChI is InChI=1S/C19H21FN2O3S/c1-13-9-18(6-7-19(13)20)26(23,24)22-14-4-5-15(22)11-17(10-14)25-16-3-2-8-21-12-16/h2-3,6-9,12,14-15,17H,4-5,10-11H2,1H3. The Morgan fingerprint density at radius 3 is 2.54 bits per heavy atom. The number of aromatic nitrogens is 1. The molecule has 0 aliphatic carbocycles. The number of halogens is 1. The third-order valence-corrected chi connectivity index (χ3v) is 7.27. The van der Waals surface area contributed by atoms with Crippen LogP contribution >= 0.6 is 0 Å². The van der Waals surface area contributed by atoms with Crippen molar-refractivity contribution in [2.75, 3.05) is 0 Å². The first-order chi connectivity index (χ1) is 12.4. The summed E-state index contributed by atoms with van der Waals surface area (Å²) >= 11 is 0. The average Bonchev–Trinajstić information content (AvgIpc) is 2.90. The Morgan fingerprint density at radius 2 is 1.92 bits per heavy atom. The Labute approximate surface area is 152 Å². The van der Waals surface area contributed by atoms with Gasteiger partial charge in [0.1, 0.15) is 17.7 Å². The molecule has 5 nitrogen and oxygen atoms in total. The van der Waals surface area contributed by atoms with Crippen LogP contribution < -0.4 is 4.74 Å². The number of pyridine rings is 1. The fourth-order valence-electron chi connectivity index (χ4n) is 4.08. The highest BCUT2D eigenvalue weighted by molar-refractivity contribution is 7.89. The lowest BCUT2D eigenvalue weighted by Gasteiger charge is -2.37. The van der Waals surface area contributed by atoms with Crippen LogP contribution in [-0.4, -0.2) is 35.9 Å². The van der Waals surface area contributed by atoms with E-state index in [9.17, 15) is 12.8 Å². The summed E-state index contributed by atoms with van der Waals surface area (Å²) in [5.74, 6) is 0.317. The molecule has 2 aromatic rings. The molecule has 1 aromatic carbocycles. The third-order valence-electron chi connectivity index (χ3n) is 5.26. The van der Waals surface area contributed by atoms with E-state index < -0.39 is 15.8 Å². The zero-order chi connectivity index (χ0) is 18.3. The Hall–Kier alpha value is -1.99. The maximum atomic E-state index is 13.5. The van der Waals surface area contributed by atoms with Gasteiger partial charge in [0.25, 0.3) is 0 Å². The summed E-state index contributed by atoms with van der Waals surface area (Å²) in [6.45, 7) is 1.58. The lowest BCUT2D eigenvalue weighted by atomic mass is 10.0. The number of ether oxygens (including phenoxy) is 1. The van der Waals surface area contributed by atoms with E-state index in [0.29, 0.717) is 24.2 Å². The van der Waals surface area contributed by atoms with Gasteiger partial charge in [-0.05, 0) is 55.7 Å². The fraction of sp³-hybridized carbons (Fsp3) is 0.421. The third kappa shape index (κ3) is 3.10. The van der Waals surface area contributed by atoms with Gasteiger partial charge in [-0.2, -0.15) is 4.31 Å². The molecular formula is C19H21FN2O3S. The molecule has 2 aliphatic rings. The molecule has 2 unspecified atom stereocenters. The number of fused-ring (bicyclic) bond motifs is 2. The second kappa shape index (κ2) is 6.63. The quantitative estimate of drug-likeness (QED) is 0.822. The van der Waals surface area contributed by atoms with Crippen molar-refractivity contribution in [2.45, 2.75) is 55.7 Å². The molecule has 0 saturated carbocycles. The van der Waals surface area contributed by atoms with Crippen molar-refractivity contribution in [1.29, 1.82) is 0 Å². The first-order valence-corrected chi connectivity index (χ1v) is 10.3. The van der Waals surface area contributed by atoms with Gasteiger partial charge in [0, 0.05) is 31.1 Å². The van der Waals surface area contributed by atoms with Crippen LogP contribution in [0.15, 0.2) is 47.6 Å². The Balaban J connectivity index is 1.55. The Bertz CT molecular complexity index is 890. The topological polar surface area (TPSA) is 59.5 Å². The van der Waals surface area contributed by atoms with E-state index in [1.807, 2.05) is 12.1 Å². The van der Waals surface area contributed by atoms with Gasteiger partial charge in [0.2, 0.25) is 10.0 Å². The number of piperidine rings is 1. The fourth-order valence-corrected chi connectivity index (χ4v) is 6.06. The van der Waals surface area contributed by atoms with Crippen LogP contribution in [0.3, 0.4) is 0 Å². The Morgan fingerprint density at radius 1 is 1.19 bits per heavy atom. The van der Waals surface area contributed by atoms with Crippen molar-refractivity contribution in [2.24, 2.45) is 0 Å². The molecule has 2 bridgehead atoms.